The summed E-state index contributed by atoms with van der Waals surface area (Å²) in [6.45, 7) is 0. The predicted molar refractivity (Wildman–Crippen MR) is 76.0 cm³/mol. The maximum absolute atomic E-state index is 8.92. The van der Waals surface area contributed by atoms with Crippen molar-refractivity contribution in [1.82, 2.24) is 0 Å². The summed E-state index contributed by atoms with van der Waals surface area (Å²) < 4.78 is 5.23. The molecule has 0 spiro atoms. The van der Waals surface area contributed by atoms with E-state index in [1.54, 1.807) is 12.5 Å². The van der Waals surface area contributed by atoms with Gasteiger partial charge in [0.15, 0.2) is 5.75 Å². The molecular weight excluding hydrogens is 266 g/mol. The van der Waals surface area contributed by atoms with Crippen LogP contribution in [0.4, 0.5) is 0 Å². The van der Waals surface area contributed by atoms with Gasteiger partial charge in [-0.2, -0.15) is 5.26 Å². The topological polar surface area (TPSA) is 33.0 Å². The molecule has 0 unspecified atom stereocenters. The van der Waals surface area contributed by atoms with Crippen LogP contribution in [0, 0.1) is 11.3 Å². The average Bonchev–Trinajstić information content (AvgIpc) is 2.80. The number of ether oxygens (including phenoxy) is 1. The first-order valence-electron chi connectivity index (χ1n) is 5.24. The molecule has 0 saturated heterocycles. The van der Waals surface area contributed by atoms with Crippen LogP contribution in [0.25, 0.3) is 12.2 Å². The van der Waals surface area contributed by atoms with Crippen LogP contribution in [0.5, 0.6) is 5.75 Å². The largest absolute Gasteiger partial charge is 0.494 e. The maximum Gasteiger partial charge on any atom is 0.154 e. The molecule has 0 aliphatic carbocycles. The van der Waals surface area contributed by atoms with Gasteiger partial charge in [0.25, 0.3) is 0 Å². The van der Waals surface area contributed by atoms with E-state index < -0.39 is 0 Å². The van der Waals surface area contributed by atoms with E-state index in [1.807, 2.05) is 36.4 Å². The molecule has 0 amide bonds. The fraction of sp³-hybridized carbons (Fsp3) is 0.0714. The van der Waals surface area contributed by atoms with Crippen LogP contribution in [-0.2, 0) is 0 Å². The first-order chi connectivity index (χ1) is 8.74. The Morgan fingerprint density at radius 2 is 2.00 bits per heavy atom. The summed E-state index contributed by atoms with van der Waals surface area (Å²) in [5.74, 6) is 0.632. The van der Waals surface area contributed by atoms with Gasteiger partial charge in [0, 0.05) is 10.4 Å². The molecule has 0 atom stereocenters. The van der Waals surface area contributed by atoms with Crippen molar-refractivity contribution in [2.45, 2.75) is 0 Å². The third kappa shape index (κ3) is 2.73. The Morgan fingerprint density at radius 3 is 2.61 bits per heavy atom. The summed E-state index contributed by atoms with van der Waals surface area (Å²) in [7, 11) is 1.57. The summed E-state index contributed by atoms with van der Waals surface area (Å²) in [5.41, 5.74) is 1.62. The summed E-state index contributed by atoms with van der Waals surface area (Å²) in [6.07, 6.45) is 3.90. The number of methoxy groups -OCH3 is 1. The molecule has 0 fully saturated rings. The van der Waals surface area contributed by atoms with E-state index in [4.69, 9.17) is 21.6 Å². The molecule has 0 radical (unpaired) electrons. The molecule has 0 aliphatic heterocycles. The zero-order valence-electron chi connectivity index (χ0n) is 9.68. The van der Waals surface area contributed by atoms with Gasteiger partial charge in [0.1, 0.15) is 11.6 Å². The molecule has 2 nitrogen and oxygen atoms in total. The highest BCUT2D eigenvalue weighted by Crippen LogP contribution is 2.31. The molecule has 4 heteroatoms. The van der Waals surface area contributed by atoms with Crippen molar-refractivity contribution in [3.63, 3.8) is 0 Å². The third-order valence-corrected chi connectivity index (χ3v) is 3.57. The number of hydrogen-bond acceptors (Lipinski definition) is 3. The Balaban J connectivity index is 2.26. The zero-order chi connectivity index (χ0) is 13.0. The van der Waals surface area contributed by atoms with E-state index in [2.05, 4.69) is 6.07 Å². The molecule has 0 aliphatic rings. The van der Waals surface area contributed by atoms with Crippen LogP contribution in [0.2, 0.25) is 5.02 Å². The number of thiophene rings is 1. The number of hydrogen-bond donors (Lipinski definition) is 0. The first kappa shape index (κ1) is 12.7. The van der Waals surface area contributed by atoms with Crippen molar-refractivity contribution in [3.05, 3.63) is 50.7 Å². The molecule has 0 saturated carbocycles. The Labute approximate surface area is 115 Å². The second-order valence-electron chi connectivity index (χ2n) is 3.54. The fourth-order valence-corrected chi connectivity index (χ4v) is 2.49. The standard InChI is InChI=1S/C14H10ClNOS/c1-17-14-11(8-16)9-18-13(14)7-4-10-2-5-12(15)6-3-10/h2-7,9H,1H3/b7-4+. The van der Waals surface area contributed by atoms with E-state index in [9.17, 15) is 0 Å². The van der Waals surface area contributed by atoms with Crippen molar-refractivity contribution in [1.29, 1.82) is 5.26 Å². The second-order valence-corrected chi connectivity index (χ2v) is 4.89. The van der Waals surface area contributed by atoms with E-state index in [1.165, 1.54) is 11.3 Å². The van der Waals surface area contributed by atoms with E-state index in [-0.39, 0.29) is 0 Å². The molecule has 1 aromatic carbocycles. The molecule has 0 bridgehead atoms. The van der Waals surface area contributed by atoms with E-state index >= 15 is 0 Å². The number of nitriles is 1. The van der Waals surface area contributed by atoms with Crippen molar-refractivity contribution in [3.8, 4) is 11.8 Å². The second kappa shape index (κ2) is 5.72. The van der Waals surface area contributed by atoms with Gasteiger partial charge < -0.3 is 4.74 Å². The summed E-state index contributed by atoms with van der Waals surface area (Å²) in [5, 5.41) is 11.4. The van der Waals surface area contributed by atoms with Crippen molar-refractivity contribution >= 4 is 35.1 Å². The molecule has 2 aromatic rings. The summed E-state index contributed by atoms with van der Waals surface area (Å²) in [4.78, 5) is 0.934. The average molecular weight is 276 g/mol. The lowest BCUT2D eigenvalue weighted by Gasteiger charge is -1.98. The number of nitrogens with zero attached hydrogens (tertiary/aromatic N) is 1. The van der Waals surface area contributed by atoms with E-state index in [0.29, 0.717) is 16.3 Å². The molecule has 1 heterocycles. The van der Waals surface area contributed by atoms with Gasteiger partial charge >= 0.3 is 0 Å². The minimum absolute atomic E-state index is 0.568. The first-order valence-corrected chi connectivity index (χ1v) is 6.49. The summed E-state index contributed by atoms with van der Waals surface area (Å²) >= 11 is 7.31. The van der Waals surface area contributed by atoms with Crippen LogP contribution in [0.1, 0.15) is 16.0 Å². The molecule has 90 valence electrons. The van der Waals surface area contributed by atoms with Gasteiger partial charge in [0.2, 0.25) is 0 Å². The zero-order valence-corrected chi connectivity index (χ0v) is 11.3. The monoisotopic (exact) mass is 275 g/mol. The Morgan fingerprint density at radius 1 is 1.28 bits per heavy atom. The van der Waals surface area contributed by atoms with Crippen LogP contribution < -0.4 is 4.74 Å². The van der Waals surface area contributed by atoms with Gasteiger partial charge in [-0.1, -0.05) is 29.8 Å². The molecule has 2 rings (SSSR count). The van der Waals surface area contributed by atoms with Crippen molar-refractivity contribution in [2.75, 3.05) is 7.11 Å². The number of halogens is 1. The highest BCUT2D eigenvalue weighted by Gasteiger charge is 2.09. The van der Waals surface area contributed by atoms with Crippen molar-refractivity contribution < 1.29 is 4.74 Å². The smallest absolute Gasteiger partial charge is 0.154 e. The van der Waals surface area contributed by atoms with Crippen LogP contribution in [0.3, 0.4) is 0 Å². The van der Waals surface area contributed by atoms with Crippen LogP contribution >= 0.6 is 22.9 Å². The fourth-order valence-electron chi connectivity index (χ4n) is 1.51. The molecule has 0 N–H and O–H groups in total. The lowest BCUT2D eigenvalue weighted by Crippen LogP contribution is -1.84. The van der Waals surface area contributed by atoms with Crippen molar-refractivity contribution in [2.24, 2.45) is 0 Å². The molecular formula is C14H10ClNOS. The highest BCUT2D eigenvalue weighted by molar-refractivity contribution is 7.11. The van der Waals surface area contributed by atoms with Gasteiger partial charge in [0.05, 0.1) is 12.0 Å². The highest BCUT2D eigenvalue weighted by atomic mass is 35.5. The van der Waals surface area contributed by atoms with Gasteiger partial charge in [-0.15, -0.1) is 11.3 Å². The van der Waals surface area contributed by atoms with Gasteiger partial charge in [-0.25, -0.2) is 0 Å². The Bertz CT molecular complexity index is 608. The Kier molecular flexibility index (Phi) is 4.03. The predicted octanol–water partition coefficient (Wildman–Crippen LogP) is 4.45. The van der Waals surface area contributed by atoms with E-state index in [0.717, 1.165) is 10.4 Å². The normalized spacial score (nSPS) is 10.5. The number of rotatable bonds is 3. The van der Waals surface area contributed by atoms with Crippen LogP contribution in [0.15, 0.2) is 29.6 Å². The summed E-state index contributed by atoms with van der Waals surface area (Å²) in [6, 6.07) is 9.66. The quantitative estimate of drug-likeness (QED) is 0.829. The Hall–Kier alpha value is -1.76. The lowest BCUT2D eigenvalue weighted by molar-refractivity contribution is 0.414. The minimum Gasteiger partial charge on any atom is -0.494 e. The SMILES string of the molecule is COc1c(C#N)csc1/C=C/c1ccc(Cl)cc1. The van der Waals surface area contributed by atoms with Crippen LogP contribution in [-0.4, -0.2) is 7.11 Å². The van der Waals surface area contributed by atoms with Gasteiger partial charge in [-0.05, 0) is 23.8 Å². The van der Waals surface area contributed by atoms with Gasteiger partial charge in [-0.3, -0.25) is 0 Å². The minimum atomic E-state index is 0.568. The third-order valence-electron chi connectivity index (χ3n) is 2.39. The molecule has 18 heavy (non-hydrogen) atoms. The molecule has 1 aromatic heterocycles. The number of benzene rings is 1. The lowest BCUT2D eigenvalue weighted by atomic mass is 10.2. The maximum atomic E-state index is 8.92.